The molecule has 0 amide bonds. The lowest BCUT2D eigenvalue weighted by Crippen LogP contribution is -2.09. The van der Waals surface area contributed by atoms with Crippen LogP contribution in [0.3, 0.4) is 0 Å². The van der Waals surface area contributed by atoms with Crippen LogP contribution in [0.25, 0.3) is 0 Å². The molecular formula is C14H18BrNO. The quantitative estimate of drug-likeness (QED) is 0.665. The van der Waals surface area contributed by atoms with Gasteiger partial charge in [-0.1, -0.05) is 15.9 Å². The van der Waals surface area contributed by atoms with Gasteiger partial charge in [-0.05, 0) is 38.6 Å². The highest BCUT2D eigenvalue weighted by molar-refractivity contribution is 9.10. The Balaban J connectivity index is 2.82. The van der Waals surface area contributed by atoms with Crippen molar-refractivity contribution in [2.45, 2.75) is 26.8 Å². The van der Waals surface area contributed by atoms with Gasteiger partial charge < -0.3 is 10.1 Å². The Morgan fingerprint density at radius 3 is 2.82 bits per heavy atom. The Morgan fingerprint density at radius 1 is 1.41 bits per heavy atom. The van der Waals surface area contributed by atoms with Crippen LogP contribution in [-0.2, 0) is 6.54 Å². The maximum Gasteiger partial charge on any atom is 0.126 e. The van der Waals surface area contributed by atoms with Gasteiger partial charge in [-0.25, -0.2) is 0 Å². The fraction of sp³-hybridized carbons (Fsp3) is 0.429. The number of ether oxygens (including phenoxy) is 1. The summed E-state index contributed by atoms with van der Waals surface area (Å²) >= 11 is 3.50. The first-order valence-electron chi connectivity index (χ1n) is 5.65. The highest BCUT2D eigenvalue weighted by Gasteiger charge is 2.08. The summed E-state index contributed by atoms with van der Waals surface area (Å²) in [6, 6.07) is 4.16. The van der Waals surface area contributed by atoms with Gasteiger partial charge in [0.1, 0.15) is 5.75 Å². The van der Waals surface area contributed by atoms with E-state index in [-0.39, 0.29) is 0 Å². The zero-order valence-electron chi connectivity index (χ0n) is 10.6. The molecule has 0 aliphatic rings. The molecule has 0 bridgehead atoms. The SMILES string of the molecule is CC#CCCOc1c(C)cc(Br)cc1CNC. The minimum absolute atomic E-state index is 0.639. The number of rotatable bonds is 5. The van der Waals surface area contributed by atoms with Crippen molar-refractivity contribution < 1.29 is 4.74 Å². The Morgan fingerprint density at radius 2 is 2.18 bits per heavy atom. The average Bonchev–Trinajstić information content (AvgIpc) is 2.27. The molecule has 0 heterocycles. The molecule has 2 nitrogen and oxygen atoms in total. The van der Waals surface area contributed by atoms with Crippen LogP contribution in [0.2, 0.25) is 0 Å². The Labute approximate surface area is 112 Å². The third-order valence-electron chi connectivity index (χ3n) is 2.33. The van der Waals surface area contributed by atoms with Crippen molar-refractivity contribution >= 4 is 15.9 Å². The minimum Gasteiger partial charge on any atom is -0.492 e. The standard InChI is InChI=1S/C14H18BrNO/c1-4-5-6-7-17-14-11(2)8-13(15)9-12(14)10-16-3/h8-9,16H,6-7,10H2,1-3H3. The van der Waals surface area contributed by atoms with Gasteiger partial charge in [0.25, 0.3) is 0 Å². The van der Waals surface area contributed by atoms with Gasteiger partial charge in [-0.15, -0.1) is 11.8 Å². The van der Waals surface area contributed by atoms with E-state index in [1.165, 1.54) is 5.56 Å². The molecular weight excluding hydrogens is 278 g/mol. The molecule has 3 heteroatoms. The van der Waals surface area contributed by atoms with Gasteiger partial charge in [0.2, 0.25) is 0 Å². The van der Waals surface area contributed by atoms with Crippen LogP contribution in [-0.4, -0.2) is 13.7 Å². The lowest BCUT2D eigenvalue weighted by Gasteiger charge is -2.14. The van der Waals surface area contributed by atoms with Crippen molar-refractivity contribution in [3.05, 3.63) is 27.7 Å². The largest absolute Gasteiger partial charge is 0.492 e. The second kappa shape index (κ2) is 7.37. The summed E-state index contributed by atoms with van der Waals surface area (Å²) in [6.45, 7) is 5.34. The van der Waals surface area contributed by atoms with Crippen LogP contribution in [0.1, 0.15) is 24.5 Å². The molecule has 0 atom stereocenters. The van der Waals surface area contributed by atoms with Gasteiger partial charge in [-0.3, -0.25) is 0 Å². The highest BCUT2D eigenvalue weighted by Crippen LogP contribution is 2.28. The van der Waals surface area contributed by atoms with Crippen molar-refractivity contribution in [2.24, 2.45) is 0 Å². The Kier molecular flexibility index (Phi) is 6.10. The third-order valence-corrected chi connectivity index (χ3v) is 2.79. The summed E-state index contributed by atoms with van der Waals surface area (Å²) < 4.78 is 6.90. The molecule has 0 fully saturated rings. The van der Waals surface area contributed by atoms with E-state index in [1.807, 2.05) is 14.0 Å². The lowest BCUT2D eigenvalue weighted by molar-refractivity contribution is 0.321. The molecule has 0 unspecified atom stereocenters. The summed E-state index contributed by atoms with van der Waals surface area (Å²) in [5.74, 6) is 6.84. The number of hydrogen-bond acceptors (Lipinski definition) is 2. The minimum atomic E-state index is 0.639. The van der Waals surface area contributed by atoms with Crippen LogP contribution in [0, 0.1) is 18.8 Å². The normalized spacial score (nSPS) is 9.65. The molecule has 1 rings (SSSR count). The van der Waals surface area contributed by atoms with E-state index in [0.29, 0.717) is 6.61 Å². The smallest absolute Gasteiger partial charge is 0.126 e. The molecule has 0 saturated carbocycles. The molecule has 1 aromatic carbocycles. The van der Waals surface area contributed by atoms with Crippen molar-refractivity contribution in [1.82, 2.24) is 5.32 Å². The number of hydrogen-bond donors (Lipinski definition) is 1. The average molecular weight is 296 g/mol. The first kappa shape index (κ1) is 14.1. The van der Waals surface area contributed by atoms with Crippen LogP contribution in [0.4, 0.5) is 0 Å². The zero-order chi connectivity index (χ0) is 12.7. The maximum absolute atomic E-state index is 5.81. The van der Waals surface area contributed by atoms with Crippen molar-refractivity contribution in [1.29, 1.82) is 0 Å². The fourth-order valence-electron chi connectivity index (χ4n) is 1.66. The van der Waals surface area contributed by atoms with Gasteiger partial charge in [-0.2, -0.15) is 0 Å². The van der Waals surface area contributed by atoms with E-state index >= 15 is 0 Å². The van der Waals surface area contributed by atoms with E-state index in [9.17, 15) is 0 Å². The van der Waals surface area contributed by atoms with E-state index in [0.717, 1.165) is 28.8 Å². The molecule has 0 saturated heterocycles. The summed E-state index contributed by atoms with van der Waals surface area (Å²) in [4.78, 5) is 0. The number of aryl methyl sites for hydroxylation is 1. The predicted octanol–water partition coefficient (Wildman–Crippen LogP) is 3.27. The Bertz CT molecular complexity index is 432. The third kappa shape index (κ3) is 4.41. The molecule has 0 aliphatic heterocycles. The fourth-order valence-corrected chi connectivity index (χ4v) is 2.28. The molecule has 0 aliphatic carbocycles. The van der Waals surface area contributed by atoms with E-state index in [4.69, 9.17) is 4.74 Å². The van der Waals surface area contributed by atoms with E-state index < -0.39 is 0 Å². The van der Waals surface area contributed by atoms with Gasteiger partial charge in [0.15, 0.2) is 0 Å². The van der Waals surface area contributed by atoms with E-state index in [1.54, 1.807) is 0 Å². The molecule has 1 N–H and O–H groups in total. The highest BCUT2D eigenvalue weighted by atomic mass is 79.9. The van der Waals surface area contributed by atoms with Crippen LogP contribution >= 0.6 is 15.9 Å². The monoisotopic (exact) mass is 295 g/mol. The molecule has 0 aromatic heterocycles. The molecule has 1 aromatic rings. The summed E-state index contributed by atoms with van der Waals surface area (Å²) in [5.41, 5.74) is 2.32. The second-order valence-corrected chi connectivity index (χ2v) is 4.68. The summed E-state index contributed by atoms with van der Waals surface area (Å²) in [5, 5.41) is 3.15. The van der Waals surface area contributed by atoms with Crippen molar-refractivity contribution in [2.75, 3.05) is 13.7 Å². The van der Waals surface area contributed by atoms with Crippen LogP contribution in [0.5, 0.6) is 5.75 Å². The van der Waals surface area contributed by atoms with E-state index in [2.05, 4.69) is 52.1 Å². The van der Waals surface area contributed by atoms with Gasteiger partial charge in [0, 0.05) is 23.0 Å². The number of nitrogens with one attached hydrogen (secondary N) is 1. The summed E-state index contributed by atoms with van der Waals surface area (Å²) in [6.07, 6.45) is 0.769. The Hall–Kier alpha value is -0.980. The molecule has 17 heavy (non-hydrogen) atoms. The van der Waals surface area contributed by atoms with Gasteiger partial charge >= 0.3 is 0 Å². The number of benzene rings is 1. The second-order valence-electron chi connectivity index (χ2n) is 3.77. The van der Waals surface area contributed by atoms with Crippen molar-refractivity contribution in [3.63, 3.8) is 0 Å². The molecule has 0 spiro atoms. The molecule has 0 radical (unpaired) electrons. The summed E-state index contributed by atoms with van der Waals surface area (Å²) in [7, 11) is 1.93. The van der Waals surface area contributed by atoms with Gasteiger partial charge in [0.05, 0.1) is 6.61 Å². The molecule has 92 valence electrons. The first-order valence-corrected chi connectivity index (χ1v) is 6.44. The van der Waals surface area contributed by atoms with Crippen LogP contribution < -0.4 is 10.1 Å². The van der Waals surface area contributed by atoms with Crippen molar-refractivity contribution in [3.8, 4) is 17.6 Å². The predicted molar refractivity (Wildman–Crippen MR) is 75.2 cm³/mol. The zero-order valence-corrected chi connectivity index (χ0v) is 12.1. The maximum atomic E-state index is 5.81. The lowest BCUT2D eigenvalue weighted by atomic mass is 10.1. The number of halogens is 1. The first-order chi connectivity index (χ1) is 8.19. The van der Waals surface area contributed by atoms with Crippen LogP contribution in [0.15, 0.2) is 16.6 Å². The topological polar surface area (TPSA) is 21.3 Å².